The fraction of sp³-hybridized carbons (Fsp3) is 0.462. The molecule has 1 nitrogen and oxygen atoms in total. The highest BCUT2D eigenvalue weighted by molar-refractivity contribution is 6.89. The fourth-order valence-electron chi connectivity index (χ4n) is 4.35. The van der Waals surface area contributed by atoms with E-state index in [-0.39, 0.29) is 5.92 Å². The maximum Gasteiger partial charge on any atom is 0.100 e. The summed E-state index contributed by atoms with van der Waals surface area (Å²) in [7, 11) is -1.73. The van der Waals surface area contributed by atoms with Crippen LogP contribution in [0.1, 0.15) is 44.6 Å². The molecule has 1 fully saturated rings. The van der Waals surface area contributed by atoms with Gasteiger partial charge in [0.2, 0.25) is 0 Å². The average molecular weight is 391 g/mol. The Bertz CT molecular complexity index is 793. The molecule has 2 atom stereocenters. The van der Waals surface area contributed by atoms with Crippen molar-refractivity contribution in [1.29, 1.82) is 0 Å². The average Bonchev–Trinajstić information content (AvgIpc) is 2.73. The number of hydrogen-bond donors (Lipinski definition) is 1. The smallest absolute Gasteiger partial charge is 0.100 e. The van der Waals surface area contributed by atoms with Crippen LogP contribution in [-0.2, 0) is 5.60 Å². The summed E-state index contributed by atoms with van der Waals surface area (Å²) in [5.41, 5.74) is 0.0259. The highest BCUT2D eigenvalue weighted by atomic mass is 28.3. The molecule has 0 amide bonds. The Morgan fingerprint density at radius 1 is 0.964 bits per heavy atom. The van der Waals surface area contributed by atoms with Crippen LogP contribution in [0.25, 0.3) is 0 Å². The second kappa shape index (κ2) is 9.12. The Kier molecular flexibility index (Phi) is 6.80. The SMILES string of the molecule is CC(O)(c1ccccc1)C(C#CC1CCCCC1)C[Si](C)(C)c1ccccc1. The molecule has 148 valence electrons. The molecular weight excluding hydrogens is 356 g/mol. The van der Waals surface area contributed by atoms with Crippen LogP contribution in [-0.4, -0.2) is 13.2 Å². The van der Waals surface area contributed by atoms with E-state index in [0.717, 1.165) is 11.6 Å². The third kappa shape index (κ3) is 5.16. The predicted octanol–water partition coefficient (Wildman–Crippen LogP) is 5.71. The Morgan fingerprint density at radius 2 is 1.54 bits per heavy atom. The van der Waals surface area contributed by atoms with Gasteiger partial charge in [0.25, 0.3) is 0 Å². The summed E-state index contributed by atoms with van der Waals surface area (Å²) < 4.78 is 0. The first-order valence-corrected chi connectivity index (χ1v) is 13.9. The van der Waals surface area contributed by atoms with Crippen molar-refractivity contribution in [3.8, 4) is 11.8 Å². The zero-order valence-electron chi connectivity index (χ0n) is 17.6. The zero-order valence-corrected chi connectivity index (χ0v) is 18.6. The molecule has 3 rings (SSSR count). The van der Waals surface area contributed by atoms with E-state index < -0.39 is 13.7 Å². The van der Waals surface area contributed by atoms with Gasteiger partial charge in [0, 0.05) is 5.92 Å². The van der Waals surface area contributed by atoms with Crippen molar-refractivity contribution >= 4 is 13.3 Å². The van der Waals surface area contributed by atoms with Crippen molar-refractivity contribution in [2.75, 3.05) is 0 Å². The topological polar surface area (TPSA) is 20.2 Å². The van der Waals surface area contributed by atoms with Gasteiger partial charge in [0.1, 0.15) is 5.60 Å². The molecule has 0 aliphatic heterocycles. The van der Waals surface area contributed by atoms with Crippen molar-refractivity contribution in [3.63, 3.8) is 0 Å². The molecule has 0 saturated heterocycles. The molecule has 1 N–H and O–H groups in total. The van der Waals surface area contributed by atoms with E-state index in [1.807, 2.05) is 37.3 Å². The van der Waals surface area contributed by atoms with Crippen LogP contribution in [0, 0.1) is 23.7 Å². The van der Waals surface area contributed by atoms with E-state index in [1.54, 1.807) is 0 Å². The first-order valence-electron chi connectivity index (χ1n) is 10.7. The Balaban J connectivity index is 1.91. The lowest BCUT2D eigenvalue weighted by Crippen LogP contribution is -2.46. The van der Waals surface area contributed by atoms with Gasteiger partial charge in [-0.3, -0.25) is 0 Å². The Morgan fingerprint density at radius 3 is 2.14 bits per heavy atom. The van der Waals surface area contributed by atoms with Gasteiger partial charge in [-0.05, 0) is 31.4 Å². The molecule has 2 aromatic carbocycles. The molecule has 0 aromatic heterocycles. The van der Waals surface area contributed by atoms with Gasteiger partial charge < -0.3 is 5.11 Å². The highest BCUT2D eigenvalue weighted by Crippen LogP contribution is 2.35. The molecule has 0 spiro atoms. The molecule has 0 heterocycles. The van der Waals surface area contributed by atoms with Crippen molar-refractivity contribution in [3.05, 3.63) is 66.2 Å². The van der Waals surface area contributed by atoms with Crippen molar-refractivity contribution < 1.29 is 5.11 Å². The van der Waals surface area contributed by atoms with Crippen LogP contribution in [0.4, 0.5) is 0 Å². The van der Waals surface area contributed by atoms with Gasteiger partial charge in [-0.1, -0.05) is 110 Å². The summed E-state index contributed by atoms with van der Waals surface area (Å²) in [6, 6.07) is 21.9. The zero-order chi connectivity index (χ0) is 20.0. The minimum atomic E-state index is -1.73. The quantitative estimate of drug-likeness (QED) is 0.512. The molecule has 1 aliphatic carbocycles. The van der Waals surface area contributed by atoms with E-state index >= 15 is 0 Å². The first kappa shape index (κ1) is 20.9. The van der Waals surface area contributed by atoms with Crippen LogP contribution >= 0.6 is 0 Å². The van der Waals surface area contributed by atoms with Gasteiger partial charge in [-0.2, -0.15) is 0 Å². The number of hydrogen-bond acceptors (Lipinski definition) is 1. The number of aliphatic hydroxyl groups is 1. The minimum Gasteiger partial charge on any atom is -0.384 e. The van der Waals surface area contributed by atoms with Gasteiger partial charge in [-0.25, -0.2) is 0 Å². The lowest BCUT2D eigenvalue weighted by Gasteiger charge is -2.35. The molecule has 1 aliphatic rings. The van der Waals surface area contributed by atoms with Crippen LogP contribution in [0.2, 0.25) is 19.1 Å². The second-order valence-corrected chi connectivity index (χ2v) is 13.9. The standard InChI is InChI=1S/C26H34OSi/c1-26(27,23-15-9-5-10-16-23)24(20-19-22-13-7-4-8-14-22)21-28(2,3)25-17-11-6-12-18-25/h5-6,9-12,15-18,22,24,27H,4,7-8,13-14,21H2,1-3H3. The highest BCUT2D eigenvalue weighted by Gasteiger charge is 2.38. The van der Waals surface area contributed by atoms with E-state index in [4.69, 9.17) is 0 Å². The van der Waals surface area contributed by atoms with Crippen molar-refractivity contribution in [1.82, 2.24) is 0 Å². The molecule has 0 bridgehead atoms. The number of benzene rings is 2. The summed E-state index contributed by atoms with van der Waals surface area (Å²) in [5.74, 6) is 7.62. The summed E-state index contributed by atoms with van der Waals surface area (Å²) in [6.45, 7) is 6.76. The van der Waals surface area contributed by atoms with E-state index in [9.17, 15) is 5.11 Å². The molecule has 1 saturated carbocycles. The van der Waals surface area contributed by atoms with Gasteiger partial charge in [0.05, 0.1) is 14.0 Å². The van der Waals surface area contributed by atoms with Crippen LogP contribution < -0.4 is 5.19 Å². The summed E-state index contributed by atoms with van der Waals surface area (Å²) in [4.78, 5) is 0. The lowest BCUT2D eigenvalue weighted by atomic mass is 9.83. The summed E-state index contributed by atoms with van der Waals surface area (Å²) in [5, 5.41) is 13.0. The van der Waals surface area contributed by atoms with E-state index in [1.165, 1.54) is 37.3 Å². The third-order valence-corrected chi connectivity index (χ3v) is 9.70. The monoisotopic (exact) mass is 390 g/mol. The largest absolute Gasteiger partial charge is 0.384 e. The molecule has 2 heteroatoms. The molecule has 2 unspecified atom stereocenters. The number of rotatable bonds is 5. The minimum absolute atomic E-state index is 0.0568. The molecule has 28 heavy (non-hydrogen) atoms. The second-order valence-electron chi connectivity index (χ2n) is 9.14. The maximum atomic E-state index is 11.6. The van der Waals surface area contributed by atoms with Crippen LogP contribution in [0.3, 0.4) is 0 Å². The fourth-order valence-corrected chi connectivity index (χ4v) is 7.20. The first-order chi connectivity index (χ1) is 13.4. The maximum absolute atomic E-state index is 11.6. The van der Waals surface area contributed by atoms with E-state index in [0.29, 0.717) is 5.92 Å². The third-order valence-electron chi connectivity index (χ3n) is 6.37. The van der Waals surface area contributed by atoms with E-state index in [2.05, 4.69) is 55.3 Å². The van der Waals surface area contributed by atoms with Gasteiger partial charge in [0.15, 0.2) is 0 Å². The van der Waals surface area contributed by atoms with Gasteiger partial charge in [-0.15, -0.1) is 0 Å². The summed E-state index contributed by atoms with van der Waals surface area (Å²) in [6.07, 6.45) is 6.36. The van der Waals surface area contributed by atoms with Crippen LogP contribution in [0.5, 0.6) is 0 Å². The molecule has 2 aromatic rings. The van der Waals surface area contributed by atoms with Crippen molar-refractivity contribution in [2.45, 2.75) is 63.8 Å². The van der Waals surface area contributed by atoms with Crippen LogP contribution in [0.15, 0.2) is 60.7 Å². The predicted molar refractivity (Wildman–Crippen MR) is 122 cm³/mol. The van der Waals surface area contributed by atoms with Gasteiger partial charge >= 0.3 is 0 Å². The summed E-state index contributed by atoms with van der Waals surface area (Å²) >= 11 is 0. The lowest BCUT2D eigenvalue weighted by molar-refractivity contribution is 0.0235. The van der Waals surface area contributed by atoms with Crippen molar-refractivity contribution in [2.24, 2.45) is 11.8 Å². The normalized spacial score (nSPS) is 18.6. The Hall–Kier alpha value is -1.82. The molecular formula is C26H34OSi. The Labute approximate surface area is 172 Å². The molecule has 0 radical (unpaired) electrons.